The van der Waals surface area contributed by atoms with Gasteiger partial charge in [0.1, 0.15) is 0 Å². The Hall–Kier alpha value is -0.630. The van der Waals surface area contributed by atoms with E-state index in [-0.39, 0.29) is 0 Å². The van der Waals surface area contributed by atoms with E-state index in [4.69, 9.17) is 5.73 Å². The zero-order valence-corrected chi connectivity index (χ0v) is 8.73. The molecular formula is C11H15NS. The lowest BCUT2D eigenvalue weighted by molar-refractivity contribution is 0.807. The minimum Gasteiger partial charge on any atom is -0.398 e. The average molecular weight is 193 g/mol. The second kappa shape index (κ2) is 3.26. The van der Waals surface area contributed by atoms with Crippen LogP contribution in [0.1, 0.15) is 18.4 Å². The third-order valence-electron chi connectivity index (χ3n) is 2.81. The molecule has 2 N–H and O–H groups in total. The first-order chi connectivity index (χ1) is 6.28. The average Bonchev–Trinajstić information content (AvgIpc) is 2.87. The molecule has 1 aromatic rings. The largest absolute Gasteiger partial charge is 0.398 e. The van der Waals surface area contributed by atoms with Gasteiger partial charge in [-0.05, 0) is 30.7 Å². The van der Waals surface area contributed by atoms with Gasteiger partial charge >= 0.3 is 0 Å². The maximum atomic E-state index is 5.97. The predicted octanol–water partition coefficient (Wildman–Crippen LogP) is 2.66. The van der Waals surface area contributed by atoms with Crippen molar-refractivity contribution in [2.24, 2.45) is 0 Å². The lowest BCUT2D eigenvalue weighted by Crippen LogP contribution is -2.12. The van der Waals surface area contributed by atoms with Crippen molar-refractivity contribution in [2.75, 3.05) is 17.7 Å². The van der Waals surface area contributed by atoms with E-state index < -0.39 is 0 Å². The normalized spacial score (nSPS) is 18.5. The summed E-state index contributed by atoms with van der Waals surface area (Å²) in [5, 5.41) is 0. The van der Waals surface area contributed by atoms with Crippen molar-refractivity contribution in [2.45, 2.75) is 18.3 Å². The molecule has 0 unspecified atom stereocenters. The molecule has 0 spiro atoms. The summed E-state index contributed by atoms with van der Waals surface area (Å²) in [7, 11) is 0. The number of para-hydroxylation sites is 1. The molecule has 1 saturated carbocycles. The standard InChI is InChI=1S/C11H15NS/c1-13-8-11(6-7-11)9-4-2-3-5-10(9)12/h2-5H,6-8,12H2,1H3. The Bertz CT molecular complexity index is 305. The van der Waals surface area contributed by atoms with E-state index >= 15 is 0 Å². The quantitative estimate of drug-likeness (QED) is 0.747. The van der Waals surface area contributed by atoms with Gasteiger partial charge in [-0.15, -0.1) is 0 Å². The van der Waals surface area contributed by atoms with Crippen molar-refractivity contribution in [1.29, 1.82) is 0 Å². The summed E-state index contributed by atoms with van der Waals surface area (Å²) in [5.74, 6) is 1.21. The molecule has 2 rings (SSSR count). The Morgan fingerprint density at radius 3 is 2.62 bits per heavy atom. The van der Waals surface area contributed by atoms with E-state index in [2.05, 4.69) is 18.4 Å². The van der Waals surface area contributed by atoms with E-state index in [0.29, 0.717) is 5.41 Å². The zero-order chi connectivity index (χ0) is 9.31. The summed E-state index contributed by atoms with van der Waals surface area (Å²) in [6.45, 7) is 0. The molecule has 0 radical (unpaired) electrons. The van der Waals surface area contributed by atoms with Crippen LogP contribution in [0, 0.1) is 0 Å². The summed E-state index contributed by atoms with van der Waals surface area (Å²) in [6.07, 6.45) is 4.78. The number of nitrogen functional groups attached to an aromatic ring is 1. The van der Waals surface area contributed by atoms with Gasteiger partial charge in [-0.2, -0.15) is 11.8 Å². The molecule has 0 atom stereocenters. The lowest BCUT2D eigenvalue weighted by Gasteiger charge is -2.16. The Kier molecular flexibility index (Phi) is 2.24. The topological polar surface area (TPSA) is 26.0 Å². The van der Waals surface area contributed by atoms with Crippen LogP contribution in [0.5, 0.6) is 0 Å². The van der Waals surface area contributed by atoms with Crippen LogP contribution in [0.25, 0.3) is 0 Å². The van der Waals surface area contributed by atoms with Crippen LogP contribution in [0.2, 0.25) is 0 Å². The molecule has 0 aliphatic heterocycles. The van der Waals surface area contributed by atoms with Gasteiger partial charge in [0.25, 0.3) is 0 Å². The third kappa shape index (κ3) is 1.55. The molecule has 0 saturated heterocycles. The molecule has 13 heavy (non-hydrogen) atoms. The second-order valence-electron chi connectivity index (χ2n) is 3.80. The maximum Gasteiger partial charge on any atom is 0.0352 e. The number of hydrogen-bond donors (Lipinski definition) is 1. The van der Waals surface area contributed by atoms with Crippen LogP contribution >= 0.6 is 11.8 Å². The van der Waals surface area contributed by atoms with Gasteiger partial charge in [-0.25, -0.2) is 0 Å². The molecule has 2 heteroatoms. The molecule has 1 aliphatic carbocycles. The highest BCUT2D eigenvalue weighted by molar-refractivity contribution is 7.98. The Morgan fingerprint density at radius 1 is 1.38 bits per heavy atom. The highest BCUT2D eigenvalue weighted by Gasteiger charge is 2.44. The van der Waals surface area contributed by atoms with Crippen molar-refractivity contribution in [3.05, 3.63) is 29.8 Å². The van der Waals surface area contributed by atoms with Crippen molar-refractivity contribution < 1.29 is 0 Å². The van der Waals surface area contributed by atoms with E-state index in [1.165, 1.54) is 24.2 Å². The fourth-order valence-electron chi connectivity index (χ4n) is 1.90. The van der Waals surface area contributed by atoms with Crippen LogP contribution in [0.4, 0.5) is 5.69 Å². The first-order valence-corrected chi connectivity index (χ1v) is 6.02. The third-order valence-corrected chi connectivity index (χ3v) is 3.65. The number of hydrogen-bond acceptors (Lipinski definition) is 2. The van der Waals surface area contributed by atoms with Crippen LogP contribution in [0.15, 0.2) is 24.3 Å². The van der Waals surface area contributed by atoms with Gasteiger partial charge in [0.2, 0.25) is 0 Å². The summed E-state index contributed by atoms with van der Waals surface area (Å²) in [4.78, 5) is 0. The van der Waals surface area contributed by atoms with E-state index in [0.717, 1.165) is 5.69 Å². The minimum atomic E-state index is 0.421. The Labute approximate surface area is 83.7 Å². The van der Waals surface area contributed by atoms with E-state index in [1.807, 2.05) is 23.9 Å². The van der Waals surface area contributed by atoms with E-state index in [1.54, 1.807) is 0 Å². The van der Waals surface area contributed by atoms with Crippen LogP contribution in [0.3, 0.4) is 0 Å². The molecule has 1 fully saturated rings. The van der Waals surface area contributed by atoms with E-state index in [9.17, 15) is 0 Å². The van der Waals surface area contributed by atoms with Gasteiger partial charge in [-0.3, -0.25) is 0 Å². The fraction of sp³-hybridized carbons (Fsp3) is 0.455. The number of thioether (sulfide) groups is 1. The highest BCUT2D eigenvalue weighted by Crippen LogP contribution is 2.51. The summed E-state index contributed by atoms with van der Waals surface area (Å²) < 4.78 is 0. The molecule has 0 bridgehead atoms. The lowest BCUT2D eigenvalue weighted by atomic mass is 9.96. The molecule has 70 valence electrons. The molecule has 0 amide bonds. The number of nitrogens with two attached hydrogens (primary N) is 1. The van der Waals surface area contributed by atoms with Crippen LogP contribution in [-0.4, -0.2) is 12.0 Å². The van der Waals surface area contributed by atoms with Gasteiger partial charge in [0.15, 0.2) is 0 Å². The number of anilines is 1. The van der Waals surface area contributed by atoms with Crippen molar-refractivity contribution in [3.63, 3.8) is 0 Å². The predicted molar refractivity (Wildman–Crippen MR) is 60.1 cm³/mol. The van der Waals surface area contributed by atoms with Gasteiger partial charge in [0, 0.05) is 16.9 Å². The zero-order valence-electron chi connectivity index (χ0n) is 7.92. The highest BCUT2D eigenvalue weighted by atomic mass is 32.2. The Balaban J connectivity index is 2.30. The molecule has 0 heterocycles. The fourth-order valence-corrected chi connectivity index (χ4v) is 2.90. The van der Waals surface area contributed by atoms with Crippen molar-refractivity contribution >= 4 is 17.4 Å². The smallest absolute Gasteiger partial charge is 0.0352 e. The summed E-state index contributed by atoms with van der Waals surface area (Å²) >= 11 is 1.92. The van der Waals surface area contributed by atoms with Crippen LogP contribution in [-0.2, 0) is 5.41 Å². The molecular weight excluding hydrogens is 178 g/mol. The van der Waals surface area contributed by atoms with Crippen molar-refractivity contribution in [3.8, 4) is 0 Å². The first-order valence-electron chi connectivity index (χ1n) is 4.62. The number of rotatable bonds is 3. The molecule has 1 nitrogen and oxygen atoms in total. The van der Waals surface area contributed by atoms with Crippen molar-refractivity contribution in [1.82, 2.24) is 0 Å². The second-order valence-corrected chi connectivity index (χ2v) is 4.67. The summed E-state index contributed by atoms with van der Waals surface area (Å²) in [5.41, 5.74) is 8.72. The molecule has 1 aliphatic rings. The summed E-state index contributed by atoms with van der Waals surface area (Å²) in [6, 6.07) is 8.29. The first kappa shape index (κ1) is 8.95. The minimum absolute atomic E-state index is 0.421. The van der Waals surface area contributed by atoms with Gasteiger partial charge < -0.3 is 5.73 Å². The number of benzene rings is 1. The van der Waals surface area contributed by atoms with Gasteiger partial charge in [0.05, 0.1) is 0 Å². The SMILES string of the molecule is CSCC1(c2ccccc2N)CC1. The maximum absolute atomic E-state index is 5.97. The molecule has 0 aromatic heterocycles. The van der Waals surface area contributed by atoms with Crippen LogP contribution < -0.4 is 5.73 Å². The molecule has 1 aromatic carbocycles. The van der Waals surface area contributed by atoms with Gasteiger partial charge in [-0.1, -0.05) is 18.2 Å². The Morgan fingerprint density at radius 2 is 2.08 bits per heavy atom. The monoisotopic (exact) mass is 193 g/mol.